The molecule has 0 aromatic carbocycles. The van der Waals surface area contributed by atoms with Crippen LogP contribution in [0.15, 0.2) is 0 Å². The van der Waals surface area contributed by atoms with Gasteiger partial charge in [0.2, 0.25) is 5.91 Å². The molecule has 0 bridgehead atoms. The van der Waals surface area contributed by atoms with Crippen molar-refractivity contribution in [3.8, 4) is 0 Å². The Morgan fingerprint density at radius 1 is 1.33 bits per heavy atom. The van der Waals surface area contributed by atoms with Gasteiger partial charge in [-0.1, -0.05) is 19.3 Å². The fourth-order valence-corrected chi connectivity index (χ4v) is 2.62. The largest absolute Gasteiger partial charge is 0.395 e. The molecule has 0 heterocycles. The van der Waals surface area contributed by atoms with Crippen molar-refractivity contribution in [2.75, 3.05) is 26.4 Å². The zero-order valence-corrected chi connectivity index (χ0v) is 11.6. The van der Waals surface area contributed by atoms with E-state index < -0.39 is 0 Å². The second kappa shape index (κ2) is 9.34. The van der Waals surface area contributed by atoms with Crippen LogP contribution >= 0.6 is 0 Å². The molecule has 0 atom stereocenters. The van der Waals surface area contributed by atoms with Crippen LogP contribution in [-0.4, -0.2) is 48.3 Å². The minimum absolute atomic E-state index is 0.0632. The van der Waals surface area contributed by atoms with E-state index in [0.717, 1.165) is 19.3 Å². The molecule has 18 heavy (non-hydrogen) atoms. The fraction of sp³-hybridized carbons (Fsp3) is 0.929. The number of aliphatic hydroxyl groups is 1. The van der Waals surface area contributed by atoms with Crippen molar-refractivity contribution >= 4 is 5.91 Å². The predicted octanol–water partition coefficient (Wildman–Crippen LogP) is 1.96. The first-order valence-corrected chi connectivity index (χ1v) is 7.27. The molecule has 1 amide bonds. The summed E-state index contributed by atoms with van der Waals surface area (Å²) in [7, 11) is 0. The minimum atomic E-state index is 0.0632. The quantitative estimate of drug-likeness (QED) is 0.676. The Balaban J connectivity index is 2.36. The van der Waals surface area contributed by atoms with E-state index in [1.807, 2.05) is 11.8 Å². The van der Waals surface area contributed by atoms with E-state index in [-0.39, 0.29) is 12.5 Å². The van der Waals surface area contributed by atoms with Crippen molar-refractivity contribution in [1.82, 2.24) is 4.90 Å². The van der Waals surface area contributed by atoms with Gasteiger partial charge in [-0.3, -0.25) is 4.79 Å². The number of hydrogen-bond donors (Lipinski definition) is 1. The van der Waals surface area contributed by atoms with Crippen molar-refractivity contribution in [1.29, 1.82) is 0 Å². The number of amides is 1. The van der Waals surface area contributed by atoms with E-state index in [0.29, 0.717) is 32.2 Å². The first kappa shape index (κ1) is 15.4. The van der Waals surface area contributed by atoms with Crippen LogP contribution in [0.1, 0.15) is 51.9 Å². The van der Waals surface area contributed by atoms with Crippen molar-refractivity contribution < 1.29 is 14.6 Å². The molecular weight excluding hydrogens is 230 g/mol. The second-order valence-electron chi connectivity index (χ2n) is 4.90. The predicted molar refractivity (Wildman–Crippen MR) is 71.4 cm³/mol. The van der Waals surface area contributed by atoms with Gasteiger partial charge in [-0.25, -0.2) is 0 Å². The van der Waals surface area contributed by atoms with E-state index in [9.17, 15) is 4.79 Å². The summed E-state index contributed by atoms with van der Waals surface area (Å²) in [5, 5.41) is 9.11. The van der Waals surface area contributed by atoms with Crippen LogP contribution in [0.25, 0.3) is 0 Å². The number of carbonyl (C=O) groups excluding carboxylic acids is 1. The highest BCUT2D eigenvalue weighted by molar-refractivity contribution is 5.76. The number of carbonyl (C=O) groups is 1. The monoisotopic (exact) mass is 257 g/mol. The van der Waals surface area contributed by atoms with E-state index in [1.54, 1.807) is 0 Å². The van der Waals surface area contributed by atoms with Gasteiger partial charge >= 0.3 is 0 Å². The number of aliphatic hydroxyl groups excluding tert-OH is 1. The minimum Gasteiger partial charge on any atom is -0.395 e. The van der Waals surface area contributed by atoms with Crippen LogP contribution in [-0.2, 0) is 9.53 Å². The molecule has 1 rings (SSSR count). The van der Waals surface area contributed by atoms with Crippen LogP contribution in [0.4, 0.5) is 0 Å². The lowest BCUT2D eigenvalue weighted by Crippen LogP contribution is -2.43. The Kier molecular flexibility index (Phi) is 8.01. The third kappa shape index (κ3) is 5.36. The molecular formula is C14H27NO3. The van der Waals surface area contributed by atoms with E-state index in [2.05, 4.69) is 0 Å². The zero-order valence-electron chi connectivity index (χ0n) is 11.6. The lowest BCUT2D eigenvalue weighted by molar-refractivity contribution is -0.135. The summed E-state index contributed by atoms with van der Waals surface area (Å²) < 4.78 is 5.25. The molecule has 0 aromatic rings. The zero-order chi connectivity index (χ0) is 13.2. The lowest BCUT2D eigenvalue weighted by atomic mass is 9.94. The van der Waals surface area contributed by atoms with Gasteiger partial charge in [-0.2, -0.15) is 0 Å². The Morgan fingerprint density at radius 3 is 2.67 bits per heavy atom. The number of rotatable bonds is 8. The number of nitrogens with zero attached hydrogens (tertiary/aromatic N) is 1. The summed E-state index contributed by atoms with van der Waals surface area (Å²) in [6.07, 6.45) is 7.20. The third-order valence-electron chi connectivity index (χ3n) is 3.56. The molecule has 106 valence electrons. The van der Waals surface area contributed by atoms with E-state index in [4.69, 9.17) is 9.84 Å². The maximum absolute atomic E-state index is 12.2. The molecule has 0 aliphatic heterocycles. The molecule has 1 aliphatic carbocycles. The summed E-state index contributed by atoms with van der Waals surface area (Å²) in [6.45, 7) is 3.87. The van der Waals surface area contributed by atoms with Gasteiger partial charge in [0.15, 0.2) is 0 Å². The van der Waals surface area contributed by atoms with Gasteiger partial charge in [-0.15, -0.1) is 0 Å². The van der Waals surface area contributed by atoms with Gasteiger partial charge in [0, 0.05) is 32.2 Å². The standard InChI is InChI=1S/C14H27NO3/c1-2-18-12-6-9-14(17)15(10-11-16)13-7-4-3-5-8-13/h13,16H,2-12H2,1H3. The molecule has 1 saturated carbocycles. The van der Waals surface area contributed by atoms with Crippen molar-refractivity contribution in [3.05, 3.63) is 0 Å². The molecule has 0 unspecified atom stereocenters. The Morgan fingerprint density at radius 2 is 2.06 bits per heavy atom. The molecule has 0 radical (unpaired) electrons. The highest BCUT2D eigenvalue weighted by Gasteiger charge is 2.24. The Hall–Kier alpha value is -0.610. The first-order valence-electron chi connectivity index (χ1n) is 7.27. The van der Waals surface area contributed by atoms with Crippen LogP contribution in [0, 0.1) is 0 Å². The normalized spacial score (nSPS) is 16.8. The number of hydrogen-bond acceptors (Lipinski definition) is 3. The maximum atomic E-state index is 12.2. The number of ether oxygens (including phenoxy) is 1. The van der Waals surface area contributed by atoms with Crippen molar-refractivity contribution in [2.24, 2.45) is 0 Å². The van der Waals surface area contributed by atoms with Gasteiger partial charge in [0.1, 0.15) is 0 Å². The van der Waals surface area contributed by atoms with Crippen LogP contribution in [0.3, 0.4) is 0 Å². The van der Waals surface area contributed by atoms with Gasteiger partial charge < -0.3 is 14.7 Å². The highest BCUT2D eigenvalue weighted by atomic mass is 16.5. The smallest absolute Gasteiger partial charge is 0.222 e. The summed E-state index contributed by atoms with van der Waals surface area (Å²) >= 11 is 0. The summed E-state index contributed by atoms with van der Waals surface area (Å²) in [4.78, 5) is 14.0. The van der Waals surface area contributed by atoms with Crippen molar-refractivity contribution in [2.45, 2.75) is 57.9 Å². The van der Waals surface area contributed by atoms with E-state index in [1.165, 1.54) is 19.3 Å². The topological polar surface area (TPSA) is 49.8 Å². The summed E-state index contributed by atoms with van der Waals surface area (Å²) in [5.41, 5.74) is 0. The van der Waals surface area contributed by atoms with Crippen LogP contribution in [0.2, 0.25) is 0 Å². The molecule has 1 N–H and O–H groups in total. The molecule has 0 spiro atoms. The van der Waals surface area contributed by atoms with Gasteiger partial charge in [0.25, 0.3) is 0 Å². The molecule has 1 fully saturated rings. The van der Waals surface area contributed by atoms with Crippen molar-refractivity contribution in [3.63, 3.8) is 0 Å². The Bertz CT molecular complexity index is 227. The average Bonchev–Trinajstić information content (AvgIpc) is 2.41. The average molecular weight is 257 g/mol. The molecule has 1 aliphatic rings. The summed E-state index contributed by atoms with van der Waals surface area (Å²) in [5.74, 6) is 0.177. The van der Waals surface area contributed by atoms with Crippen LogP contribution < -0.4 is 0 Å². The molecule has 4 nitrogen and oxygen atoms in total. The lowest BCUT2D eigenvalue weighted by Gasteiger charge is -2.34. The maximum Gasteiger partial charge on any atom is 0.222 e. The highest BCUT2D eigenvalue weighted by Crippen LogP contribution is 2.23. The SMILES string of the molecule is CCOCCCC(=O)N(CCO)C1CCCCC1. The molecule has 0 aromatic heterocycles. The first-order chi connectivity index (χ1) is 8.79. The van der Waals surface area contributed by atoms with Crippen LogP contribution in [0.5, 0.6) is 0 Å². The molecule has 0 saturated heterocycles. The van der Waals surface area contributed by atoms with Gasteiger partial charge in [0.05, 0.1) is 6.61 Å². The van der Waals surface area contributed by atoms with E-state index >= 15 is 0 Å². The second-order valence-corrected chi connectivity index (χ2v) is 4.90. The summed E-state index contributed by atoms with van der Waals surface area (Å²) in [6, 6.07) is 0.352. The van der Waals surface area contributed by atoms with Gasteiger partial charge in [-0.05, 0) is 26.2 Å². The third-order valence-corrected chi connectivity index (χ3v) is 3.56. The fourth-order valence-electron chi connectivity index (χ4n) is 2.62. The molecule has 4 heteroatoms. The Labute approximate surface area is 110 Å².